The van der Waals surface area contributed by atoms with Crippen molar-refractivity contribution in [3.8, 4) is 5.75 Å². The average Bonchev–Trinajstić information content (AvgIpc) is 2.75. The number of fused-ring (bicyclic) bond motifs is 1. The molecule has 0 saturated heterocycles. The first-order chi connectivity index (χ1) is 9.60. The summed E-state index contributed by atoms with van der Waals surface area (Å²) in [5.74, 6) is 1.99. The van der Waals surface area contributed by atoms with Gasteiger partial charge in [0.1, 0.15) is 11.6 Å². The molecule has 2 heterocycles. The van der Waals surface area contributed by atoms with Crippen LogP contribution in [0.5, 0.6) is 5.75 Å². The van der Waals surface area contributed by atoms with Gasteiger partial charge in [0.2, 0.25) is 0 Å². The van der Waals surface area contributed by atoms with Crippen LogP contribution in [0.2, 0.25) is 0 Å². The molecular formula is C16H17IN2O. The molecule has 0 saturated carbocycles. The highest BCUT2D eigenvalue weighted by molar-refractivity contribution is 14.1. The van der Waals surface area contributed by atoms with Gasteiger partial charge in [-0.25, -0.2) is 4.98 Å². The first-order valence-corrected chi connectivity index (χ1v) is 7.88. The molecule has 1 unspecified atom stereocenters. The SMILES string of the molecule is COc1ccc(N2CC(I)c3ccc(C)nc32)c(C)c1. The first kappa shape index (κ1) is 13.7. The number of hydrogen-bond donors (Lipinski definition) is 0. The lowest BCUT2D eigenvalue weighted by Crippen LogP contribution is -2.16. The molecule has 0 bridgehead atoms. The molecule has 2 aromatic rings. The highest BCUT2D eigenvalue weighted by Crippen LogP contribution is 2.44. The lowest BCUT2D eigenvalue weighted by molar-refractivity contribution is 0.414. The Balaban J connectivity index is 2.07. The molecule has 1 aromatic carbocycles. The fraction of sp³-hybridized carbons (Fsp3) is 0.312. The number of ether oxygens (including phenoxy) is 1. The zero-order chi connectivity index (χ0) is 14.3. The molecular weight excluding hydrogens is 363 g/mol. The van der Waals surface area contributed by atoms with Crippen LogP contribution in [0.4, 0.5) is 11.5 Å². The molecule has 3 rings (SSSR count). The fourth-order valence-electron chi connectivity index (χ4n) is 2.63. The van der Waals surface area contributed by atoms with Crippen LogP contribution in [-0.4, -0.2) is 18.6 Å². The van der Waals surface area contributed by atoms with Crippen molar-refractivity contribution in [2.24, 2.45) is 0 Å². The second-order valence-electron chi connectivity index (χ2n) is 5.10. The minimum absolute atomic E-state index is 0.484. The van der Waals surface area contributed by atoms with Gasteiger partial charge >= 0.3 is 0 Å². The number of benzene rings is 1. The fourth-order valence-corrected chi connectivity index (χ4v) is 3.51. The molecule has 4 heteroatoms. The van der Waals surface area contributed by atoms with Crippen molar-refractivity contribution < 1.29 is 4.74 Å². The Morgan fingerprint density at radius 1 is 1.25 bits per heavy atom. The highest BCUT2D eigenvalue weighted by atomic mass is 127. The number of alkyl halides is 1. The van der Waals surface area contributed by atoms with Crippen LogP contribution in [0.15, 0.2) is 30.3 Å². The van der Waals surface area contributed by atoms with E-state index in [1.165, 1.54) is 16.8 Å². The van der Waals surface area contributed by atoms with Crippen molar-refractivity contribution in [2.75, 3.05) is 18.6 Å². The van der Waals surface area contributed by atoms with Crippen LogP contribution < -0.4 is 9.64 Å². The number of anilines is 2. The van der Waals surface area contributed by atoms with Crippen LogP contribution >= 0.6 is 22.6 Å². The third-order valence-electron chi connectivity index (χ3n) is 3.68. The molecule has 0 spiro atoms. The van der Waals surface area contributed by atoms with Crippen molar-refractivity contribution in [1.82, 2.24) is 4.98 Å². The average molecular weight is 380 g/mol. The minimum atomic E-state index is 0.484. The Hall–Kier alpha value is -1.30. The van der Waals surface area contributed by atoms with Crippen LogP contribution in [0, 0.1) is 13.8 Å². The summed E-state index contributed by atoms with van der Waals surface area (Å²) in [5, 5.41) is 0. The maximum absolute atomic E-state index is 5.29. The molecule has 0 N–H and O–H groups in total. The number of halogens is 1. The van der Waals surface area contributed by atoms with Gasteiger partial charge in [-0.3, -0.25) is 0 Å². The largest absolute Gasteiger partial charge is 0.497 e. The number of pyridine rings is 1. The van der Waals surface area contributed by atoms with Gasteiger partial charge in [-0.1, -0.05) is 28.7 Å². The summed E-state index contributed by atoms with van der Waals surface area (Å²) in [4.78, 5) is 7.05. The third kappa shape index (κ3) is 2.26. The van der Waals surface area contributed by atoms with Gasteiger partial charge in [0, 0.05) is 23.5 Å². The molecule has 1 aliphatic rings. The lowest BCUT2D eigenvalue weighted by Gasteiger charge is -2.21. The normalized spacial score (nSPS) is 17.2. The van der Waals surface area contributed by atoms with E-state index in [9.17, 15) is 0 Å². The van der Waals surface area contributed by atoms with Crippen LogP contribution in [0.3, 0.4) is 0 Å². The summed E-state index contributed by atoms with van der Waals surface area (Å²) in [6.45, 7) is 5.13. The Morgan fingerprint density at radius 3 is 2.75 bits per heavy atom. The summed E-state index contributed by atoms with van der Waals surface area (Å²) in [6.07, 6.45) is 0. The molecule has 1 atom stereocenters. The van der Waals surface area contributed by atoms with Crippen LogP contribution in [0.1, 0.15) is 20.7 Å². The number of rotatable bonds is 2. The zero-order valence-electron chi connectivity index (χ0n) is 11.9. The second kappa shape index (κ2) is 5.24. The first-order valence-electron chi connectivity index (χ1n) is 6.64. The van der Waals surface area contributed by atoms with Crippen molar-refractivity contribution in [3.63, 3.8) is 0 Å². The molecule has 1 aliphatic heterocycles. The number of hydrogen-bond acceptors (Lipinski definition) is 3. The molecule has 0 radical (unpaired) electrons. The van der Waals surface area contributed by atoms with Gasteiger partial charge in [0.15, 0.2) is 0 Å². The Bertz CT molecular complexity index is 657. The quantitative estimate of drug-likeness (QED) is 0.573. The summed E-state index contributed by atoms with van der Waals surface area (Å²) < 4.78 is 5.77. The van der Waals surface area contributed by atoms with Gasteiger partial charge < -0.3 is 9.64 Å². The van der Waals surface area contributed by atoms with Gasteiger partial charge in [0.05, 0.1) is 11.0 Å². The summed E-state index contributed by atoms with van der Waals surface area (Å²) >= 11 is 2.50. The van der Waals surface area contributed by atoms with Crippen molar-refractivity contribution in [1.29, 1.82) is 0 Å². The molecule has 20 heavy (non-hydrogen) atoms. The van der Waals surface area contributed by atoms with E-state index in [1.807, 2.05) is 13.0 Å². The number of aryl methyl sites for hydroxylation is 2. The summed E-state index contributed by atoms with van der Waals surface area (Å²) in [7, 11) is 1.70. The van der Waals surface area contributed by atoms with E-state index in [0.717, 1.165) is 23.8 Å². The molecule has 0 amide bonds. The predicted molar refractivity (Wildman–Crippen MR) is 90.5 cm³/mol. The maximum Gasteiger partial charge on any atom is 0.137 e. The summed E-state index contributed by atoms with van der Waals surface area (Å²) in [6, 6.07) is 10.5. The van der Waals surface area contributed by atoms with Gasteiger partial charge in [-0.15, -0.1) is 0 Å². The minimum Gasteiger partial charge on any atom is -0.497 e. The maximum atomic E-state index is 5.29. The molecule has 0 fully saturated rings. The number of nitrogens with zero attached hydrogens (tertiary/aromatic N) is 2. The molecule has 104 valence electrons. The predicted octanol–water partition coefficient (Wildman–Crippen LogP) is 4.33. The lowest BCUT2D eigenvalue weighted by atomic mass is 10.1. The smallest absolute Gasteiger partial charge is 0.137 e. The van der Waals surface area contributed by atoms with E-state index >= 15 is 0 Å². The monoisotopic (exact) mass is 380 g/mol. The molecule has 3 nitrogen and oxygen atoms in total. The van der Waals surface area contributed by atoms with Gasteiger partial charge in [-0.05, 0) is 43.7 Å². The van der Waals surface area contributed by atoms with E-state index < -0.39 is 0 Å². The molecule has 0 aliphatic carbocycles. The van der Waals surface area contributed by atoms with Gasteiger partial charge in [0.25, 0.3) is 0 Å². The van der Waals surface area contributed by atoms with E-state index in [0.29, 0.717) is 3.92 Å². The van der Waals surface area contributed by atoms with Crippen LogP contribution in [0.25, 0.3) is 0 Å². The second-order valence-corrected chi connectivity index (χ2v) is 6.60. The van der Waals surface area contributed by atoms with Gasteiger partial charge in [-0.2, -0.15) is 0 Å². The Labute approximate surface area is 133 Å². The number of methoxy groups -OCH3 is 1. The Morgan fingerprint density at radius 2 is 2.05 bits per heavy atom. The van der Waals surface area contributed by atoms with Crippen molar-refractivity contribution >= 4 is 34.1 Å². The Kier molecular flexibility index (Phi) is 3.58. The van der Waals surface area contributed by atoms with Crippen LogP contribution in [-0.2, 0) is 0 Å². The van der Waals surface area contributed by atoms with E-state index in [4.69, 9.17) is 9.72 Å². The number of aromatic nitrogens is 1. The zero-order valence-corrected chi connectivity index (χ0v) is 14.0. The van der Waals surface area contributed by atoms with E-state index in [2.05, 4.69) is 58.7 Å². The van der Waals surface area contributed by atoms with Crippen molar-refractivity contribution in [3.05, 3.63) is 47.2 Å². The standard InChI is InChI=1S/C16H17IN2O/c1-10-8-12(20-3)5-7-15(10)19-9-14(17)13-6-4-11(2)18-16(13)19/h4-8,14H,9H2,1-3H3. The third-order valence-corrected chi connectivity index (χ3v) is 4.74. The highest BCUT2D eigenvalue weighted by Gasteiger charge is 2.29. The topological polar surface area (TPSA) is 25.4 Å². The molecule has 1 aromatic heterocycles. The van der Waals surface area contributed by atoms with E-state index in [1.54, 1.807) is 7.11 Å². The van der Waals surface area contributed by atoms with Crippen molar-refractivity contribution in [2.45, 2.75) is 17.8 Å². The summed E-state index contributed by atoms with van der Waals surface area (Å²) in [5.41, 5.74) is 4.81. The van der Waals surface area contributed by atoms with E-state index in [-0.39, 0.29) is 0 Å².